The van der Waals surface area contributed by atoms with Crippen LogP contribution in [0.2, 0.25) is 0 Å². The zero-order valence-electron chi connectivity index (χ0n) is 13.2. The van der Waals surface area contributed by atoms with Crippen LogP contribution in [-0.2, 0) is 11.3 Å². The van der Waals surface area contributed by atoms with Crippen molar-refractivity contribution < 1.29 is 4.79 Å². The van der Waals surface area contributed by atoms with E-state index >= 15 is 0 Å². The second-order valence-corrected chi connectivity index (χ2v) is 6.65. The second kappa shape index (κ2) is 8.21. The van der Waals surface area contributed by atoms with Crippen molar-refractivity contribution in [2.45, 2.75) is 19.5 Å². The molecule has 2 atom stereocenters. The molecule has 0 spiro atoms. The Bertz CT molecular complexity index is 528. The lowest BCUT2D eigenvalue weighted by Gasteiger charge is -2.39. The second-order valence-electron chi connectivity index (χ2n) is 5.74. The highest BCUT2D eigenvalue weighted by atomic mass is 32.2. The Hall–Kier alpha value is -1.51. The summed E-state index contributed by atoms with van der Waals surface area (Å²) in [6.07, 6.45) is 2.01. The summed E-state index contributed by atoms with van der Waals surface area (Å²) in [6.45, 7) is 4.71. The number of thioether (sulfide) groups is 1. The third-order valence-electron chi connectivity index (χ3n) is 4.02. The molecule has 1 aromatic rings. The van der Waals surface area contributed by atoms with Gasteiger partial charge in [0.15, 0.2) is 0 Å². The maximum Gasteiger partial charge on any atom is 0.226 e. The van der Waals surface area contributed by atoms with Crippen LogP contribution in [0.5, 0.6) is 0 Å². The van der Waals surface area contributed by atoms with Crippen molar-refractivity contribution in [3.05, 3.63) is 35.9 Å². The van der Waals surface area contributed by atoms with E-state index in [-0.39, 0.29) is 17.9 Å². The molecule has 1 aliphatic heterocycles. The number of amides is 1. The zero-order chi connectivity index (χ0) is 15.9. The normalized spacial score (nSPS) is 20.4. The van der Waals surface area contributed by atoms with E-state index in [4.69, 9.17) is 0 Å². The first-order chi connectivity index (χ1) is 10.7. The maximum absolute atomic E-state index is 12.4. The van der Waals surface area contributed by atoms with Crippen LogP contribution in [0.15, 0.2) is 30.3 Å². The molecule has 1 fully saturated rings. The molecule has 0 bridgehead atoms. The summed E-state index contributed by atoms with van der Waals surface area (Å²) < 4.78 is 0. The minimum absolute atomic E-state index is 0.0232. The predicted molar refractivity (Wildman–Crippen MR) is 90.4 cm³/mol. The molecular weight excluding hydrogens is 294 g/mol. The summed E-state index contributed by atoms with van der Waals surface area (Å²) in [7, 11) is 0. The van der Waals surface area contributed by atoms with Crippen molar-refractivity contribution in [3.63, 3.8) is 0 Å². The Kier molecular flexibility index (Phi) is 6.29. The van der Waals surface area contributed by atoms with Crippen molar-refractivity contribution in [1.82, 2.24) is 9.80 Å². The van der Waals surface area contributed by atoms with Gasteiger partial charge in [0.25, 0.3) is 0 Å². The molecule has 4 nitrogen and oxygen atoms in total. The molecule has 22 heavy (non-hydrogen) atoms. The van der Waals surface area contributed by atoms with Gasteiger partial charge in [-0.05, 0) is 11.8 Å². The van der Waals surface area contributed by atoms with Crippen LogP contribution >= 0.6 is 11.8 Å². The molecule has 0 radical (unpaired) electrons. The summed E-state index contributed by atoms with van der Waals surface area (Å²) in [5, 5.41) is 9.45. The summed E-state index contributed by atoms with van der Waals surface area (Å²) in [4.78, 5) is 16.4. The van der Waals surface area contributed by atoms with Crippen LogP contribution in [-0.4, -0.2) is 53.4 Å². The highest BCUT2D eigenvalue weighted by Gasteiger charge is 2.31. The van der Waals surface area contributed by atoms with Gasteiger partial charge < -0.3 is 4.90 Å². The molecule has 118 valence electrons. The minimum Gasteiger partial charge on any atom is -0.339 e. The summed E-state index contributed by atoms with van der Waals surface area (Å²) >= 11 is 1.69. The van der Waals surface area contributed by atoms with Gasteiger partial charge in [0.2, 0.25) is 5.91 Å². The Morgan fingerprint density at radius 1 is 1.41 bits per heavy atom. The molecule has 1 heterocycles. The van der Waals surface area contributed by atoms with Crippen molar-refractivity contribution in [2.75, 3.05) is 31.6 Å². The number of piperazine rings is 1. The number of rotatable bonds is 5. The van der Waals surface area contributed by atoms with E-state index in [0.29, 0.717) is 13.1 Å². The van der Waals surface area contributed by atoms with Gasteiger partial charge in [-0.3, -0.25) is 9.69 Å². The van der Waals surface area contributed by atoms with E-state index in [1.165, 1.54) is 5.56 Å². The van der Waals surface area contributed by atoms with Crippen LogP contribution in [0, 0.1) is 17.2 Å². The lowest BCUT2D eigenvalue weighted by molar-refractivity contribution is -0.136. The topological polar surface area (TPSA) is 47.3 Å². The number of carbonyl (C=O) groups excluding carboxylic acids is 1. The maximum atomic E-state index is 12.4. The molecule has 1 amide bonds. The first-order valence-electron chi connectivity index (χ1n) is 7.61. The number of benzene rings is 1. The van der Waals surface area contributed by atoms with Crippen LogP contribution in [0.3, 0.4) is 0 Å². The number of nitriles is 1. The average molecular weight is 317 g/mol. The molecule has 5 heteroatoms. The minimum atomic E-state index is -0.223. The highest BCUT2D eigenvalue weighted by molar-refractivity contribution is 7.98. The lowest BCUT2D eigenvalue weighted by Crippen LogP contribution is -2.54. The third-order valence-corrected chi connectivity index (χ3v) is 4.85. The van der Waals surface area contributed by atoms with Gasteiger partial charge in [-0.25, -0.2) is 0 Å². The number of carbonyl (C=O) groups is 1. The number of hydrogen-bond acceptors (Lipinski definition) is 4. The van der Waals surface area contributed by atoms with E-state index in [2.05, 4.69) is 23.1 Å². The van der Waals surface area contributed by atoms with Gasteiger partial charge in [-0.1, -0.05) is 37.3 Å². The fourth-order valence-electron chi connectivity index (χ4n) is 2.78. The molecule has 0 aliphatic carbocycles. The molecular formula is C17H23N3OS. The third kappa shape index (κ3) is 4.25. The van der Waals surface area contributed by atoms with Crippen LogP contribution in [0.25, 0.3) is 0 Å². The van der Waals surface area contributed by atoms with E-state index in [9.17, 15) is 10.1 Å². The lowest BCUT2D eigenvalue weighted by atomic mass is 10.1. The van der Waals surface area contributed by atoms with Gasteiger partial charge in [0, 0.05) is 37.8 Å². The first-order valence-corrected chi connectivity index (χ1v) is 9.00. The number of hydrogen-bond donors (Lipinski definition) is 0. The van der Waals surface area contributed by atoms with Gasteiger partial charge >= 0.3 is 0 Å². The molecule has 0 aromatic heterocycles. The van der Waals surface area contributed by atoms with Gasteiger partial charge in [-0.2, -0.15) is 17.0 Å². The van der Waals surface area contributed by atoms with Gasteiger partial charge in [-0.15, -0.1) is 0 Å². The molecule has 0 saturated carbocycles. The van der Waals surface area contributed by atoms with E-state index < -0.39 is 0 Å². The summed E-state index contributed by atoms with van der Waals surface area (Å²) in [5.41, 5.74) is 1.21. The Labute approximate surface area is 137 Å². The quantitative estimate of drug-likeness (QED) is 0.835. The Morgan fingerprint density at radius 3 is 2.77 bits per heavy atom. The summed E-state index contributed by atoms with van der Waals surface area (Å²) in [6, 6.07) is 12.3. The molecule has 1 aliphatic rings. The highest BCUT2D eigenvalue weighted by Crippen LogP contribution is 2.17. The molecule has 2 unspecified atom stereocenters. The van der Waals surface area contributed by atoms with Crippen molar-refractivity contribution in [1.29, 1.82) is 5.26 Å². The van der Waals surface area contributed by atoms with Crippen molar-refractivity contribution >= 4 is 17.7 Å². The van der Waals surface area contributed by atoms with Crippen LogP contribution in [0.1, 0.15) is 12.5 Å². The summed E-state index contributed by atoms with van der Waals surface area (Å²) in [5.74, 6) is 1.03. The molecule has 0 N–H and O–H groups in total. The van der Waals surface area contributed by atoms with Gasteiger partial charge in [0.1, 0.15) is 6.04 Å². The fraction of sp³-hybridized carbons (Fsp3) is 0.529. The fourth-order valence-corrected chi connectivity index (χ4v) is 3.43. The van der Waals surface area contributed by atoms with Crippen LogP contribution < -0.4 is 0 Å². The van der Waals surface area contributed by atoms with E-state index in [1.54, 1.807) is 11.8 Å². The van der Waals surface area contributed by atoms with Crippen LogP contribution in [0.4, 0.5) is 0 Å². The van der Waals surface area contributed by atoms with Crippen molar-refractivity contribution in [3.8, 4) is 6.07 Å². The van der Waals surface area contributed by atoms with E-state index in [1.807, 2.05) is 36.3 Å². The standard InChI is InChI=1S/C17H23N3OS/c1-14(13-22-2)17(21)20-9-8-19(16(10-18)12-20)11-15-6-4-3-5-7-15/h3-7,14,16H,8-9,11-13H2,1-2H3. The molecule has 1 aromatic carbocycles. The first kappa shape index (κ1) is 16.9. The Balaban J connectivity index is 1.97. The van der Waals surface area contributed by atoms with Crippen molar-refractivity contribution in [2.24, 2.45) is 5.92 Å². The van der Waals surface area contributed by atoms with E-state index in [0.717, 1.165) is 18.8 Å². The predicted octanol–water partition coefficient (Wildman–Crippen LogP) is 2.22. The monoisotopic (exact) mass is 317 g/mol. The average Bonchev–Trinajstić information content (AvgIpc) is 2.55. The zero-order valence-corrected chi connectivity index (χ0v) is 14.1. The van der Waals surface area contributed by atoms with Gasteiger partial charge in [0.05, 0.1) is 6.07 Å². The largest absolute Gasteiger partial charge is 0.339 e. The molecule has 1 saturated heterocycles. The smallest absolute Gasteiger partial charge is 0.226 e. The Morgan fingerprint density at radius 2 is 2.14 bits per heavy atom. The molecule has 2 rings (SSSR count). The number of nitrogens with zero attached hydrogens (tertiary/aromatic N) is 3. The SMILES string of the molecule is CSCC(C)C(=O)N1CCN(Cc2ccccc2)C(C#N)C1.